The summed E-state index contributed by atoms with van der Waals surface area (Å²) >= 11 is 0. The first-order chi connectivity index (χ1) is 11.1. The molecule has 2 fully saturated rings. The van der Waals surface area contributed by atoms with E-state index in [2.05, 4.69) is 37.4 Å². The molecule has 1 N–H and O–H groups in total. The quantitative estimate of drug-likeness (QED) is 0.815. The van der Waals surface area contributed by atoms with Crippen LogP contribution in [-0.4, -0.2) is 37.2 Å². The Bertz CT molecular complexity index is 554. The number of benzene rings is 1. The fourth-order valence-electron chi connectivity index (χ4n) is 3.19. The molecule has 0 aromatic heterocycles. The summed E-state index contributed by atoms with van der Waals surface area (Å²) in [4.78, 5) is 14.4. The molecule has 4 heteroatoms. The number of ether oxygens (including phenoxy) is 1. The Morgan fingerprint density at radius 3 is 2.83 bits per heavy atom. The zero-order valence-corrected chi connectivity index (χ0v) is 14.3. The standard InChI is InChI=1S/C19H28N2O2/c1-14-5-8-17(12-15(14)2)18-4-3-10-21(18)19(22)20-9-11-23-13-16-6-7-16/h5,8,12,16,18H,3-4,6-7,9-11,13H2,1-2H3,(H,20,22). The number of hydrogen-bond donors (Lipinski definition) is 1. The van der Waals surface area contributed by atoms with E-state index in [1.807, 2.05) is 4.90 Å². The SMILES string of the molecule is Cc1ccc(C2CCCN2C(=O)NCCOCC2CC2)cc1C. The van der Waals surface area contributed by atoms with Crippen LogP contribution in [0, 0.1) is 19.8 Å². The molecule has 1 saturated heterocycles. The van der Waals surface area contributed by atoms with Crippen LogP contribution in [-0.2, 0) is 4.74 Å². The maximum atomic E-state index is 12.4. The number of carbonyl (C=O) groups is 1. The van der Waals surface area contributed by atoms with Gasteiger partial charge in [0.25, 0.3) is 0 Å². The summed E-state index contributed by atoms with van der Waals surface area (Å²) in [5, 5.41) is 3.01. The van der Waals surface area contributed by atoms with Crippen LogP contribution in [0.25, 0.3) is 0 Å². The average molecular weight is 316 g/mol. The van der Waals surface area contributed by atoms with E-state index in [1.54, 1.807) is 0 Å². The molecule has 1 unspecified atom stereocenters. The van der Waals surface area contributed by atoms with Gasteiger partial charge in [-0.3, -0.25) is 0 Å². The van der Waals surface area contributed by atoms with Crippen molar-refractivity contribution in [3.05, 3.63) is 34.9 Å². The molecule has 1 aliphatic heterocycles. The molecule has 0 radical (unpaired) electrons. The number of aryl methyl sites for hydroxylation is 2. The highest BCUT2D eigenvalue weighted by Crippen LogP contribution is 2.32. The number of amides is 2. The van der Waals surface area contributed by atoms with Crippen LogP contribution in [0.2, 0.25) is 0 Å². The van der Waals surface area contributed by atoms with Crippen molar-refractivity contribution in [3.63, 3.8) is 0 Å². The lowest BCUT2D eigenvalue weighted by Gasteiger charge is -2.26. The summed E-state index contributed by atoms with van der Waals surface area (Å²) in [7, 11) is 0. The maximum Gasteiger partial charge on any atom is 0.317 e. The Hall–Kier alpha value is -1.55. The van der Waals surface area contributed by atoms with E-state index in [9.17, 15) is 4.79 Å². The topological polar surface area (TPSA) is 41.6 Å². The average Bonchev–Trinajstić information content (AvgIpc) is 3.23. The fraction of sp³-hybridized carbons (Fsp3) is 0.632. The Kier molecular flexibility index (Phi) is 5.21. The van der Waals surface area contributed by atoms with Crippen LogP contribution in [0.1, 0.15) is 48.4 Å². The third-order valence-corrected chi connectivity index (χ3v) is 5.00. The molecule has 126 valence electrons. The summed E-state index contributed by atoms with van der Waals surface area (Å²) in [5.74, 6) is 0.776. The van der Waals surface area contributed by atoms with Gasteiger partial charge in [-0.25, -0.2) is 4.79 Å². The van der Waals surface area contributed by atoms with Gasteiger partial charge in [0.15, 0.2) is 0 Å². The highest BCUT2D eigenvalue weighted by Gasteiger charge is 2.30. The number of rotatable bonds is 6. The van der Waals surface area contributed by atoms with Crippen LogP contribution in [0.4, 0.5) is 4.79 Å². The number of nitrogens with one attached hydrogen (secondary N) is 1. The van der Waals surface area contributed by atoms with Crippen molar-refractivity contribution < 1.29 is 9.53 Å². The van der Waals surface area contributed by atoms with Gasteiger partial charge in [0.1, 0.15) is 0 Å². The van der Waals surface area contributed by atoms with E-state index >= 15 is 0 Å². The van der Waals surface area contributed by atoms with E-state index in [0.717, 1.165) is 31.9 Å². The van der Waals surface area contributed by atoms with Crippen molar-refractivity contribution in [1.29, 1.82) is 0 Å². The Labute approximate surface area is 139 Å². The number of hydrogen-bond acceptors (Lipinski definition) is 2. The second-order valence-electron chi connectivity index (χ2n) is 6.95. The van der Waals surface area contributed by atoms with E-state index in [1.165, 1.54) is 29.5 Å². The van der Waals surface area contributed by atoms with Gasteiger partial charge in [0.2, 0.25) is 0 Å². The predicted molar refractivity (Wildman–Crippen MR) is 91.5 cm³/mol. The molecule has 2 aliphatic rings. The van der Waals surface area contributed by atoms with Gasteiger partial charge >= 0.3 is 6.03 Å². The van der Waals surface area contributed by atoms with Gasteiger partial charge in [0.05, 0.1) is 12.6 Å². The van der Waals surface area contributed by atoms with Crippen LogP contribution < -0.4 is 5.32 Å². The van der Waals surface area contributed by atoms with Gasteiger partial charge in [-0.1, -0.05) is 18.2 Å². The lowest BCUT2D eigenvalue weighted by atomic mass is 9.99. The third kappa shape index (κ3) is 4.25. The molecule has 4 nitrogen and oxygen atoms in total. The number of nitrogens with zero attached hydrogens (tertiary/aromatic N) is 1. The van der Waals surface area contributed by atoms with Gasteiger partial charge in [-0.15, -0.1) is 0 Å². The van der Waals surface area contributed by atoms with Crippen molar-refractivity contribution in [2.45, 2.75) is 45.6 Å². The summed E-state index contributed by atoms with van der Waals surface area (Å²) in [5.41, 5.74) is 3.85. The highest BCUT2D eigenvalue weighted by molar-refractivity contribution is 5.75. The molecule has 1 aliphatic carbocycles. The van der Waals surface area contributed by atoms with Crippen LogP contribution >= 0.6 is 0 Å². The first kappa shape index (κ1) is 16.3. The largest absolute Gasteiger partial charge is 0.379 e. The number of urea groups is 1. The normalized spacial score (nSPS) is 20.8. The molecule has 1 atom stereocenters. The van der Waals surface area contributed by atoms with E-state index in [0.29, 0.717) is 13.2 Å². The smallest absolute Gasteiger partial charge is 0.317 e. The molecule has 2 amide bonds. The third-order valence-electron chi connectivity index (χ3n) is 5.00. The lowest BCUT2D eigenvalue weighted by molar-refractivity contribution is 0.124. The molecule has 1 heterocycles. The minimum atomic E-state index is 0.0424. The van der Waals surface area contributed by atoms with Crippen molar-refractivity contribution in [2.75, 3.05) is 26.3 Å². The van der Waals surface area contributed by atoms with Crippen LogP contribution in [0.3, 0.4) is 0 Å². The second-order valence-corrected chi connectivity index (χ2v) is 6.95. The Morgan fingerprint density at radius 2 is 2.09 bits per heavy atom. The van der Waals surface area contributed by atoms with Gasteiger partial charge < -0.3 is 15.0 Å². The Balaban J connectivity index is 1.50. The molecule has 0 bridgehead atoms. The highest BCUT2D eigenvalue weighted by atomic mass is 16.5. The van der Waals surface area contributed by atoms with E-state index in [4.69, 9.17) is 4.74 Å². The van der Waals surface area contributed by atoms with Crippen LogP contribution in [0.5, 0.6) is 0 Å². The zero-order chi connectivity index (χ0) is 16.2. The van der Waals surface area contributed by atoms with E-state index < -0.39 is 0 Å². The summed E-state index contributed by atoms with van der Waals surface area (Å²) in [6, 6.07) is 6.80. The van der Waals surface area contributed by atoms with Crippen molar-refractivity contribution in [3.8, 4) is 0 Å². The number of carbonyl (C=O) groups excluding carboxylic acids is 1. The molecule has 1 aromatic carbocycles. The summed E-state index contributed by atoms with van der Waals surface area (Å²) in [6.07, 6.45) is 4.73. The maximum absolute atomic E-state index is 12.4. The molecule has 3 rings (SSSR count). The van der Waals surface area contributed by atoms with Crippen molar-refractivity contribution >= 4 is 6.03 Å². The second kappa shape index (κ2) is 7.35. The molecule has 1 saturated carbocycles. The fourth-order valence-corrected chi connectivity index (χ4v) is 3.19. The Morgan fingerprint density at radius 1 is 1.26 bits per heavy atom. The lowest BCUT2D eigenvalue weighted by Crippen LogP contribution is -2.40. The van der Waals surface area contributed by atoms with Crippen LogP contribution in [0.15, 0.2) is 18.2 Å². The first-order valence-electron chi connectivity index (χ1n) is 8.84. The van der Waals surface area contributed by atoms with Gasteiger partial charge in [-0.05, 0) is 62.1 Å². The summed E-state index contributed by atoms with van der Waals surface area (Å²) < 4.78 is 5.58. The van der Waals surface area contributed by atoms with Gasteiger partial charge in [0, 0.05) is 19.7 Å². The molecule has 1 aromatic rings. The summed E-state index contributed by atoms with van der Waals surface area (Å²) in [6.45, 7) is 7.17. The molecule has 23 heavy (non-hydrogen) atoms. The first-order valence-corrected chi connectivity index (χ1v) is 8.84. The zero-order valence-electron chi connectivity index (χ0n) is 14.3. The minimum absolute atomic E-state index is 0.0424. The molecular formula is C19H28N2O2. The van der Waals surface area contributed by atoms with Gasteiger partial charge in [-0.2, -0.15) is 0 Å². The number of likely N-dealkylation sites (tertiary alicyclic amines) is 1. The predicted octanol–water partition coefficient (Wildman–Crippen LogP) is 3.58. The molecule has 0 spiro atoms. The van der Waals surface area contributed by atoms with E-state index in [-0.39, 0.29) is 12.1 Å². The minimum Gasteiger partial charge on any atom is -0.379 e. The monoisotopic (exact) mass is 316 g/mol. The van der Waals surface area contributed by atoms with Crippen molar-refractivity contribution in [2.24, 2.45) is 5.92 Å². The van der Waals surface area contributed by atoms with Crippen molar-refractivity contribution in [1.82, 2.24) is 10.2 Å². The molecular weight excluding hydrogens is 288 g/mol.